The fraction of sp³-hybridized carbons (Fsp3) is 0.111. The zero-order valence-corrected chi connectivity index (χ0v) is 13.4. The van der Waals surface area contributed by atoms with Crippen LogP contribution in [0.1, 0.15) is 21.7 Å². The summed E-state index contributed by atoms with van der Waals surface area (Å²) < 4.78 is 1.93. The standard InChI is InChI=1S/C18H16N6O/c25-18(15-10-16-8-4-5-9-23(16)12-15)24(13-17-19-21-22-20-17)11-14-6-2-1-3-7-14/h1-10,12H,11,13H2,(H,19,20,21,22). The van der Waals surface area contributed by atoms with Gasteiger partial charge in [0.25, 0.3) is 5.91 Å². The maximum Gasteiger partial charge on any atom is 0.256 e. The molecule has 4 rings (SSSR count). The lowest BCUT2D eigenvalue weighted by atomic mass is 10.2. The number of nitrogens with zero attached hydrogens (tertiary/aromatic N) is 5. The number of H-pyrrole nitrogens is 1. The first-order valence-corrected chi connectivity index (χ1v) is 7.92. The van der Waals surface area contributed by atoms with Crippen LogP contribution in [0.5, 0.6) is 0 Å². The molecule has 0 atom stereocenters. The molecule has 1 aromatic carbocycles. The molecule has 25 heavy (non-hydrogen) atoms. The summed E-state index contributed by atoms with van der Waals surface area (Å²) in [5, 5.41) is 13.9. The van der Waals surface area contributed by atoms with E-state index >= 15 is 0 Å². The number of amides is 1. The van der Waals surface area contributed by atoms with Gasteiger partial charge in [0, 0.05) is 24.5 Å². The molecule has 0 aliphatic carbocycles. The Balaban J connectivity index is 1.64. The number of benzene rings is 1. The van der Waals surface area contributed by atoms with E-state index in [1.807, 2.05) is 71.4 Å². The van der Waals surface area contributed by atoms with Gasteiger partial charge in [0.1, 0.15) is 0 Å². The summed E-state index contributed by atoms with van der Waals surface area (Å²) in [6.45, 7) is 0.761. The molecule has 0 bridgehead atoms. The van der Waals surface area contributed by atoms with Crippen molar-refractivity contribution in [2.45, 2.75) is 13.1 Å². The van der Waals surface area contributed by atoms with E-state index in [9.17, 15) is 4.79 Å². The largest absolute Gasteiger partial charge is 0.327 e. The highest BCUT2D eigenvalue weighted by Gasteiger charge is 2.19. The third kappa shape index (κ3) is 3.25. The molecule has 4 aromatic rings. The van der Waals surface area contributed by atoms with Crippen molar-refractivity contribution in [3.05, 3.63) is 83.9 Å². The first kappa shape index (κ1) is 15.1. The maximum atomic E-state index is 13.1. The maximum absolute atomic E-state index is 13.1. The molecule has 0 saturated heterocycles. The molecule has 0 spiro atoms. The van der Waals surface area contributed by atoms with Crippen molar-refractivity contribution in [3.63, 3.8) is 0 Å². The van der Waals surface area contributed by atoms with Crippen molar-refractivity contribution in [2.75, 3.05) is 0 Å². The van der Waals surface area contributed by atoms with Gasteiger partial charge in [0.15, 0.2) is 5.82 Å². The highest BCUT2D eigenvalue weighted by atomic mass is 16.2. The number of carbonyl (C=O) groups excluding carboxylic acids is 1. The number of tetrazole rings is 1. The number of carbonyl (C=O) groups is 1. The number of pyridine rings is 1. The molecule has 0 radical (unpaired) electrons. The number of fused-ring (bicyclic) bond motifs is 1. The van der Waals surface area contributed by atoms with Gasteiger partial charge in [-0.2, -0.15) is 5.21 Å². The zero-order chi connectivity index (χ0) is 17.1. The Morgan fingerprint density at radius 1 is 1.08 bits per heavy atom. The highest BCUT2D eigenvalue weighted by Crippen LogP contribution is 2.15. The lowest BCUT2D eigenvalue weighted by molar-refractivity contribution is 0.0725. The van der Waals surface area contributed by atoms with Crippen LogP contribution >= 0.6 is 0 Å². The highest BCUT2D eigenvalue weighted by molar-refractivity contribution is 5.95. The second-order valence-electron chi connectivity index (χ2n) is 5.74. The average molecular weight is 332 g/mol. The van der Waals surface area contributed by atoms with Crippen molar-refractivity contribution in [1.29, 1.82) is 0 Å². The van der Waals surface area contributed by atoms with Crippen LogP contribution in [0.15, 0.2) is 67.0 Å². The van der Waals surface area contributed by atoms with Crippen LogP contribution in [0.25, 0.3) is 5.52 Å². The zero-order valence-electron chi connectivity index (χ0n) is 13.4. The van der Waals surface area contributed by atoms with Crippen molar-refractivity contribution in [3.8, 4) is 0 Å². The van der Waals surface area contributed by atoms with Crippen LogP contribution in [0.2, 0.25) is 0 Å². The van der Waals surface area contributed by atoms with E-state index in [-0.39, 0.29) is 12.5 Å². The molecule has 1 amide bonds. The molecule has 7 heteroatoms. The molecule has 0 aliphatic heterocycles. The fourth-order valence-corrected chi connectivity index (χ4v) is 2.78. The minimum atomic E-state index is -0.0719. The summed E-state index contributed by atoms with van der Waals surface area (Å²) in [6.07, 6.45) is 3.76. The summed E-state index contributed by atoms with van der Waals surface area (Å²) in [5.74, 6) is 0.408. The molecule has 0 aliphatic rings. The lowest BCUT2D eigenvalue weighted by Gasteiger charge is -2.20. The van der Waals surface area contributed by atoms with Gasteiger partial charge < -0.3 is 9.30 Å². The fourth-order valence-electron chi connectivity index (χ4n) is 2.78. The summed E-state index contributed by atoms with van der Waals surface area (Å²) >= 11 is 0. The molecule has 0 unspecified atom stereocenters. The third-order valence-electron chi connectivity index (χ3n) is 3.98. The van der Waals surface area contributed by atoms with E-state index in [1.165, 1.54) is 0 Å². The quantitative estimate of drug-likeness (QED) is 0.608. The van der Waals surface area contributed by atoms with Gasteiger partial charge >= 0.3 is 0 Å². The molecule has 3 heterocycles. The van der Waals surface area contributed by atoms with E-state index in [0.717, 1.165) is 11.1 Å². The molecule has 0 fully saturated rings. The summed E-state index contributed by atoms with van der Waals surface area (Å²) in [5.41, 5.74) is 2.65. The summed E-state index contributed by atoms with van der Waals surface area (Å²) in [7, 11) is 0. The smallest absolute Gasteiger partial charge is 0.256 e. The van der Waals surface area contributed by atoms with Crippen molar-refractivity contribution in [2.24, 2.45) is 0 Å². The Labute approximate surface area is 143 Å². The Bertz CT molecular complexity index is 944. The molecular formula is C18H16N6O. The predicted molar refractivity (Wildman–Crippen MR) is 91.6 cm³/mol. The van der Waals surface area contributed by atoms with Gasteiger partial charge in [-0.3, -0.25) is 4.79 Å². The van der Waals surface area contributed by atoms with Crippen molar-refractivity contribution < 1.29 is 4.79 Å². The summed E-state index contributed by atoms with van der Waals surface area (Å²) in [6, 6.07) is 17.6. The monoisotopic (exact) mass is 332 g/mol. The SMILES string of the molecule is O=C(c1cc2ccccn2c1)N(Cc1ccccc1)Cc1nn[nH]n1. The second kappa shape index (κ2) is 6.56. The molecular weight excluding hydrogens is 316 g/mol. The third-order valence-corrected chi connectivity index (χ3v) is 3.98. The molecule has 1 N–H and O–H groups in total. The first-order valence-electron chi connectivity index (χ1n) is 7.92. The molecule has 7 nitrogen and oxygen atoms in total. The molecule has 0 saturated carbocycles. The van der Waals surface area contributed by atoms with Gasteiger partial charge in [-0.05, 0) is 23.8 Å². The lowest BCUT2D eigenvalue weighted by Crippen LogP contribution is -2.30. The molecule has 3 aromatic heterocycles. The second-order valence-corrected chi connectivity index (χ2v) is 5.74. The number of hydrogen-bond donors (Lipinski definition) is 1. The average Bonchev–Trinajstić information content (AvgIpc) is 3.30. The number of aromatic amines is 1. The van der Waals surface area contributed by atoms with Crippen LogP contribution in [0, 0.1) is 0 Å². The predicted octanol–water partition coefficient (Wildman–Crippen LogP) is 2.29. The van der Waals surface area contributed by atoms with Crippen LogP contribution in [-0.2, 0) is 13.1 Å². The van der Waals surface area contributed by atoms with Crippen LogP contribution in [0.3, 0.4) is 0 Å². The van der Waals surface area contributed by atoms with E-state index in [4.69, 9.17) is 0 Å². The first-order chi connectivity index (χ1) is 12.3. The van der Waals surface area contributed by atoms with E-state index in [1.54, 1.807) is 4.90 Å². The number of aromatic nitrogens is 5. The minimum absolute atomic E-state index is 0.0719. The van der Waals surface area contributed by atoms with Crippen LogP contribution < -0.4 is 0 Å². The van der Waals surface area contributed by atoms with E-state index < -0.39 is 0 Å². The van der Waals surface area contributed by atoms with E-state index in [0.29, 0.717) is 17.9 Å². The minimum Gasteiger partial charge on any atom is -0.327 e. The Kier molecular flexibility index (Phi) is 3.96. The van der Waals surface area contributed by atoms with Crippen LogP contribution in [-0.4, -0.2) is 35.8 Å². The number of nitrogens with one attached hydrogen (secondary N) is 1. The Morgan fingerprint density at radius 2 is 1.92 bits per heavy atom. The normalized spacial score (nSPS) is 10.9. The topological polar surface area (TPSA) is 79.2 Å². The van der Waals surface area contributed by atoms with Gasteiger partial charge in [0.2, 0.25) is 0 Å². The van der Waals surface area contributed by atoms with E-state index in [2.05, 4.69) is 20.6 Å². The van der Waals surface area contributed by atoms with Crippen molar-refractivity contribution >= 4 is 11.4 Å². The summed E-state index contributed by atoms with van der Waals surface area (Å²) in [4.78, 5) is 14.8. The Hall–Kier alpha value is -3.48. The number of rotatable bonds is 5. The van der Waals surface area contributed by atoms with Gasteiger partial charge in [0.05, 0.1) is 12.1 Å². The van der Waals surface area contributed by atoms with Crippen molar-refractivity contribution in [1.82, 2.24) is 29.9 Å². The van der Waals surface area contributed by atoms with Gasteiger partial charge in [-0.25, -0.2) is 0 Å². The Morgan fingerprint density at radius 3 is 2.68 bits per heavy atom. The van der Waals surface area contributed by atoms with Gasteiger partial charge in [-0.15, -0.1) is 10.2 Å². The van der Waals surface area contributed by atoms with Crippen LogP contribution in [0.4, 0.5) is 0 Å². The number of hydrogen-bond acceptors (Lipinski definition) is 4. The van der Waals surface area contributed by atoms with Gasteiger partial charge in [-0.1, -0.05) is 41.6 Å². The molecule has 124 valence electrons.